The summed E-state index contributed by atoms with van der Waals surface area (Å²) < 4.78 is 15.0. The number of benzene rings is 1. The zero-order valence-corrected chi connectivity index (χ0v) is 15.1. The van der Waals surface area contributed by atoms with E-state index >= 15 is 0 Å². The van der Waals surface area contributed by atoms with Crippen LogP contribution in [0.1, 0.15) is 28.0 Å². The molecule has 1 aromatic carbocycles. The first-order chi connectivity index (χ1) is 13.6. The molecule has 3 atom stereocenters. The van der Waals surface area contributed by atoms with Crippen LogP contribution < -0.4 is 10.6 Å². The zero-order chi connectivity index (χ0) is 19.3. The number of aromatic nitrogens is 2. The number of carbonyl (C=O) groups excluding carboxylic acids is 1. The number of carbonyl (C=O) groups is 1. The molecule has 2 aromatic heterocycles. The molecule has 1 amide bonds. The van der Waals surface area contributed by atoms with Gasteiger partial charge in [0, 0.05) is 17.4 Å². The van der Waals surface area contributed by atoms with Gasteiger partial charge < -0.3 is 15.5 Å². The van der Waals surface area contributed by atoms with Gasteiger partial charge in [0.1, 0.15) is 17.5 Å². The quantitative estimate of drug-likeness (QED) is 0.731. The van der Waals surface area contributed by atoms with Crippen LogP contribution in [0.2, 0.25) is 0 Å². The van der Waals surface area contributed by atoms with Crippen LogP contribution >= 0.6 is 0 Å². The van der Waals surface area contributed by atoms with Crippen LogP contribution in [0.25, 0.3) is 5.65 Å². The first-order valence-electron chi connectivity index (χ1n) is 9.09. The largest absolute Gasteiger partial charge is 0.368 e. The predicted octanol–water partition coefficient (Wildman–Crippen LogP) is 2.86. The average Bonchev–Trinajstić information content (AvgIpc) is 3.12. The molecule has 5 rings (SSSR count). The Labute approximate surface area is 160 Å². The normalized spacial score (nSPS) is 23.1. The Hall–Kier alpha value is -3.42. The summed E-state index contributed by atoms with van der Waals surface area (Å²) in [4.78, 5) is 22.3. The van der Waals surface area contributed by atoms with Crippen LogP contribution in [-0.2, 0) is 4.84 Å². The SMILES string of the molecule is Cc1ccc(C2=NOC([C@@H]3C[C@H]3F)N2)cc1NC(=O)c1cnc2ccccn12. The lowest BCUT2D eigenvalue weighted by atomic mass is 10.1. The van der Waals surface area contributed by atoms with Gasteiger partial charge in [0.2, 0.25) is 6.23 Å². The fourth-order valence-corrected chi connectivity index (χ4v) is 3.30. The molecule has 1 unspecified atom stereocenters. The minimum Gasteiger partial charge on any atom is -0.368 e. The highest BCUT2D eigenvalue weighted by Crippen LogP contribution is 2.38. The number of nitrogens with one attached hydrogen (secondary N) is 2. The summed E-state index contributed by atoms with van der Waals surface area (Å²) in [5, 5.41) is 10.1. The summed E-state index contributed by atoms with van der Waals surface area (Å²) in [6.07, 6.45) is 2.58. The smallest absolute Gasteiger partial charge is 0.274 e. The lowest BCUT2D eigenvalue weighted by molar-refractivity contribution is 0.0504. The van der Waals surface area contributed by atoms with Gasteiger partial charge in [-0.2, -0.15) is 0 Å². The van der Waals surface area contributed by atoms with E-state index in [1.807, 2.05) is 43.3 Å². The molecule has 0 spiro atoms. The van der Waals surface area contributed by atoms with Crippen LogP contribution in [0.5, 0.6) is 0 Å². The number of fused-ring (bicyclic) bond motifs is 1. The van der Waals surface area contributed by atoms with E-state index in [2.05, 4.69) is 20.8 Å². The van der Waals surface area contributed by atoms with E-state index in [0.717, 1.165) is 11.1 Å². The van der Waals surface area contributed by atoms with E-state index in [4.69, 9.17) is 4.84 Å². The third-order valence-corrected chi connectivity index (χ3v) is 5.09. The molecule has 7 nitrogen and oxygen atoms in total. The second-order valence-corrected chi connectivity index (χ2v) is 7.08. The van der Waals surface area contributed by atoms with Crippen molar-refractivity contribution in [1.29, 1.82) is 0 Å². The van der Waals surface area contributed by atoms with Crippen molar-refractivity contribution in [1.82, 2.24) is 14.7 Å². The number of oxime groups is 1. The van der Waals surface area contributed by atoms with Crippen LogP contribution in [0.3, 0.4) is 0 Å². The predicted molar refractivity (Wildman–Crippen MR) is 102 cm³/mol. The zero-order valence-electron chi connectivity index (χ0n) is 15.1. The van der Waals surface area contributed by atoms with Crippen molar-refractivity contribution < 1.29 is 14.0 Å². The van der Waals surface area contributed by atoms with E-state index in [-0.39, 0.29) is 11.8 Å². The van der Waals surface area contributed by atoms with E-state index in [1.165, 1.54) is 0 Å². The number of aryl methyl sites for hydroxylation is 1. The van der Waals surface area contributed by atoms with Crippen molar-refractivity contribution >= 4 is 23.1 Å². The molecule has 1 fully saturated rings. The molecule has 1 aliphatic heterocycles. The molecule has 1 aliphatic carbocycles. The van der Waals surface area contributed by atoms with Crippen molar-refractivity contribution in [3.05, 3.63) is 65.6 Å². The van der Waals surface area contributed by atoms with Gasteiger partial charge in [-0.15, -0.1) is 0 Å². The number of amides is 1. The second-order valence-electron chi connectivity index (χ2n) is 7.08. The van der Waals surface area contributed by atoms with Crippen molar-refractivity contribution in [2.24, 2.45) is 11.1 Å². The Morgan fingerprint density at radius 1 is 1.36 bits per heavy atom. The molecule has 3 heterocycles. The number of anilines is 1. The topological polar surface area (TPSA) is 80.0 Å². The highest BCUT2D eigenvalue weighted by molar-refractivity contribution is 6.05. The first kappa shape index (κ1) is 16.7. The number of halogens is 1. The second kappa shape index (κ2) is 6.33. The number of nitrogens with zero attached hydrogens (tertiary/aromatic N) is 3. The molecular formula is C20H18FN5O2. The van der Waals surface area contributed by atoms with Gasteiger partial charge in [-0.05, 0) is 37.1 Å². The molecule has 3 aromatic rings. The number of rotatable bonds is 4. The minimum absolute atomic E-state index is 0.152. The van der Waals surface area contributed by atoms with Crippen LogP contribution in [0, 0.1) is 12.8 Å². The van der Waals surface area contributed by atoms with Gasteiger partial charge in [-0.1, -0.05) is 23.4 Å². The van der Waals surface area contributed by atoms with Crippen molar-refractivity contribution in [3.63, 3.8) is 0 Å². The Morgan fingerprint density at radius 3 is 3.04 bits per heavy atom. The molecule has 1 saturated carbocycles. The van der Waals surface area contributed by atoms with Gasteiger partial charge in [0.05, 0.1) is 12.1 Å². The third kappa shape index (κ3) is 2.87. The highest BCUT2D eigenvalue weighted by atomic mass is 19.1. The number of alkyl halides is 1. The minimum atomic E-state index is -0.828. The number of hydrogen-bond acceptors (Lipinski definition) is 5. The molecule has 0 bridgehead atoms. The van der Waals surface area contributed by atoms with Crippen molar-refractivity contribution in [3.8, 4) is 0 Å². The highest BCUT2D eigenvalue weighted by Gasteiger charge is 2.47. The molecule has 28 heavy (non-hydrogen) atoms. The monoisotopic (exact) mass is 379 g/mol. The average molecular weight is 379 g/mol. The van der Waals surface area contributed by atoms with Crippen LogP contribution in [0.4, 0.5) is 10.1 Å². The van der Waals surface area contributed by atoms with E-state index in [1.54, 1.807) is 16.8 Å². The fourth-order valence-electron chi connectivity index (χ4n) is 3.30. The summed E-state index contributed by atoms with van der Waals surface area (Å²) in [5.74, 6) is 0.128. The Morgan fingerprint density at radius 2 is 2.21 bits per heavy atom. The summed E-state index contributed by atoms with van der Waals surface area (Å²) in [6.45, 7) is 1.91. The molecule has 2 N–H and O–H groups in total. The lowest BCUT2D eigenvalue weighted by Gasteiger charge is -2.11. The molecule has 8 heteroatoms. The lowest BCUT2D eigenvalue weighted by Crippen LogP contribution is -2.32. The van der Waals surface area contributed by atoms with Gasteiger partial charge in [-0.25, -0.2) is 9.37 Å². The van der Waals surface area contributed by atoms with Gasteiger partial charge in [-0.3, -0.25) is 9.20 Å². The summed E-state index contributed by atoms with van der Waals surface area (Å²) in [5.41, 5.74) is 3.49. The summed E-state index contributed by atoms with van der Waals surface area (Å²) >= 11 is 0. The summed E-state index contributed by atoms with van der Waals surface area (Å²) in [7, 11) is 0. The maximum atomic E-state index is 13.2. The maximum Gasteiger partial charge on any atom is 0.274 e. The first-order valence-corrected chi connectivity index (χ1v) is 9.09. The fraction of sp³-hybridized carbons (Fsp3) is 0.250. The summed E-state index contributed by atoms with van der Waals surface area (Å²) in [6, 6.07) is 11.2. The molecule has 2 aliphatic rings. The van der Waals surface area contributed by atoms with Gasteiger partial charge in [0.15, 0.2) is 5.84 Å². The third-order valence-electron chi connectivity index (χ3n) is 5.09. The number of imidazole rings is 1. The maximum absolute atomic E-state index is 13.2. The van der Waals surface area contributed by atoms with E-state index in [0.29, 0.717) is 29.3 Å². The Kier molecular flexibility index (Phi) is 3.78. The van der Waals surface area contributed by atoms with Crippen molar-refractivity contribution in [2.45, 2.75) is 25.7 Å². The van der Waals surface area contributed by atoms with Crippen LogP contribution in [-0.4, -0.2) is 33.5 Å². The van der Waals surface area contributed by atoms with Crippen molar-refractivity contribution in [2.75, 3.05) is 5.32 Å². The Balaban J connectivity index is 1.37. The van der Waals surface area contributed by atoms with E-state index in [9.17, 15) is 9.18 Å². The standard InChI is InChI=1S/C20H18FN5O2/c1-11-5-6-12(18-24-20(28-25-18)13-9-14(13)21)8-15(11)23-19(27)16-10-22-17-4-2-3-7-26(16)17/h2-8,10,13-14,20H,9H2,1H3,(H,23,27)(H,24,25)/t13-,14-,20?/m1/s1. The Bertz CT molecular complexity index is 1110. The molecule has 0 radical (unpaired) electrons. The number of amidine groups is 1. The number of pyridine rings is 1. The molecule has 0 saturated heterocycles. The molecule has 142 valence electrons. The number of hydrogen-bond donors (Lipinski definition) is 2. The van der Waals surface area contributed by atoms with Gasteiger partial charge >= 0.3 is 0 Å². The molecular weight excluding hydrogens is 361 g/mol. The van der Waals surface area contributed by atoms with Gasteiger partial charge in [0.25, 0.3) is 5.91 Å². The van der Waals surface area contributed by atoms with E-state index < -0.39 is 12.4 Å². The van der Waals surface area contributed by atoms with Crippen LogP contribution in [0.15, 0.2) is 53.9 Å².